The first-order chi connectivity index (χ1) is 15.5. The molecule has 4 heterocycles. The normalized spacial score (nSPS) is 19.5. The van der Waals surface area contributed by atoms with Crippen molar-refractivity contribution in [2.45, 2.75) is 6.92 Å². The van der Waals surface area contributed by atoms with Gasteiger partial charge < -0.3 is 14.6 Å². The Balaban J connectivity index is 1.49. The van der Waals surface area contributed by atoms with E-state index in [1.807, 2.05) is 65.4 Å². The molecule has 0 bridgehead atoms. The lowest BCUT2D eigenvalue weighted by molar-refractivity contribution is -0.851. The van der Waals surface area contributed by atoms with Crippen LogP contribution in [0, 0.1) is 0 Å². The summed E-state index contributed by atoms with van der Waals surface area (Å²) in [6.07, 6.45) is 7.08. The summed E-state index contributed by atoms with van der Waals surface area (Å²) in [6.45, 7) is 3.43. The molecule has 2 N–H and O–H groups in total. The number of aliphatic carboxylic acids is 1. The predicted octanol–water partition coefficient (Wildman–Crippen LogP) is 1.97. The van der Waals surface area contributed by atoms with Crippen molar-refractivity contribution in [3.05, 3.63) is 66.4 Å². The van der Waals surface area contributed by atoms with E-state index in [4.69, 9.17) is 0 Å². The third kappa shape index (κ3) is 3.06. The molecule has 3 aromatic rings. The first-order valence-electron chi connectivity index (χ1n) is 10.1. The van der Waals surface area contributed by atoms with Crippen molar-refractivity contribution in [1.82, 2.24) is 30.1 Å². The minimum absolute atomic E-state index is 0.168. The maximum absolute atomic E-state index is 11.7. The molecule has 1 aromatic carbocycles. The molecule has 2 aliphatic rings. The van der Waals surface area contributed by atoms with E-state index in [2.05, 4.69) is 37.4 Å². The molecule has 11 heteroatoms. The summed E-state index contributed by atoms with van der Waals surface area (Å²) in [5, 5.41) is 25.7. The standard InChI is InChI=1S/C21H21N9O2/c1-3-28-12-19-22-11-15(21(31)32)13-30(19,14-28)27(2)16-6-8-17(9-7-16)29-10-4-5-18(29)20-23-25-26-24-20/h4-13H,3,14H2,1-2H3,(H-,23,24,25,26,31,32)/p+1. The third-order valence-electron chi connectivity index (χ3n) is 5.81. The lowest BCUT2D eigenvalue weighted by Crippen LogP contribution is -2.55. The number of benzene rings is 1. The number of H-pyrrole nitrogens is 1. The van der Waals surface area contributed by atoms with Gasteiger partial charge in [0.1, 0.15) is 11.8 Å². The molecule has 0 saturated carbocycles. The Morgan fingerprint density at radius 1 is 1.28 bits per heavy atom. The molecule has 0 radical (unpaired) electrons. The summed E-state index contributed by atoms with van der Waals surface area (Å²) in [5.74, 6) is 0.360. The van der Waals surface area contributed by atoms with Gasteiger partial charge in [-0.3, -0.25) is 0 Å². The van der Waals surface area contributed by atoms with Crippen LogP contribution in [-0.2, 0) is 4.79 Å². The van der Waals surface area contributed by atoms with E-state index in [1.54, 1.807) is 6.20 Å². The molecule has 162 valence electrons. The summed E-state index contributed by atoms with van der Waals surface area (Å²) in [6, 6.07) is 11.9. The van der Waals surface area contributed by atoms with E-state index in [0.717, 1.165) is 29.4 Å². The molecule has 0 fully saturated rings. The van der Waals surface area contributed by atoms with Crippen LogP contribution in [0.3, 0.4) is 0 Å². The second-order valence-corrected chi connectivity index (χ2v) is 7.56. The number of hydrogen-bond donors (Lipinski definition) is 2. The molecule has 1 unspecified atom stereocenters. The van der Waals surface area contributed by atoms with Gasteiger partial charge in [0.25, 0.3) is 5.82 Å². The predicted molar refractivity (Wildman–Crippen MR) is 117 cm³/mol. The van der Waals surface area contributed by atoms with Crippen molar-refractivity contribution in [2.75, 3.05) is 25.3 Å². The van der Waals surface area contributed by atoms with E-state index in [9.17, 15) is 9.90 Å². The van der Waals surface area contributed by atoms with Crippen molar-refractivity contribution < 1.29 is 14.5 Å². The number of carboxylic acid groups (broad SMARTS) is 1. The van der Waals surface area contributed by atoms with Crippen LogP contribution in [0.15, 0.2) is 71.4 Å². The zero-order chi connectivity index (χ0) is 22.3. The minimum atomic E-state index is -0.994. The van der Waals surface area contributed by atoms with Gasteiger partial charge in [0.15, 0.2) is 12.5 Å². The zero-order valence-corrected chi connectivity index (χ0v) is 17.6. The fourth-order valence-electron chi connectivity index (χ4n) is 4.03. The van der Waals surface area contributed by atoms with Gasteiger partial charge in [0.05, 0.1) is 30.8 Å². The first-order valence-corrected chi connectivity index (χ1v) is 10.1. The van der Waals surface area contributed by atoms with Gasteiger partial charge in [0.2, 0.25) is 0 Å². The number of anilines is 1. The summed E-state index contributed by atoms with van der Waals surface area (Å²) < 4.78 is 2.18. The van der Waals surface area contributed by atoms with Gasteiger partial charge >= 0.3 is 5.97 Å². The molecule has 0 amide bonds. The second kappa shape index (κ2) is 7.46. The Bertz CT molecular complexity index is 1240. The molecule has 0 aliphatic carbocycles. The van der Waals surface area contributed by atoms with Gasteiger partial charge in [-0.25, -0.2) is 14.9 Å². The highest BCUT2D eigenvalue weighted by Crippen LogP contribution is 2.36. The first kappa shape index (κ1) is 19.7. The molecular weight excluding hydrogens is 410 g/mol. The SMILES string of the molecule is CCN1C=C2N=CC(C(=O)O)=C[N+]2(N(C)c2ccc(-n3cccc3-c3nnn[nH]3)cc2)C1. The van der Waals surface area contributed by atoms with Gasteiger partial charge in [-0.1, -0.05) is 0 Å². The highest BCUT2D eigenvalue weighted by atomic mass is 16.4. The number of nitrogens with zero attached hydrogens (tertiary/aromatic N) is 8. The van der Waals surface area contributed by atoms with Gasteiger partial charge in [-0.05, 0) is 53.7 Å². The quantitative estimate of drug-likeness (QED) is 0.572. The monoisotopic (exact) mass is 432 g/mol. The number of fused-ring (bicyclic) bond motifs is 1. The van der Waals surface area contributed by atoms with Crippen LogP contribution in [0.2, 0.25) is 0 Å². The van der Waals surface area contributed by atoms with E-state index >= 15 is 0 Å². The van der Waals surface area contributed by atoms with E-state index < -0.39 is 5.97 Å². The Morgan fingerprint density at radius 3 is 2.78 bits per heavy atom. The summed E-state index contributed by atoms with van der Waals surface area (Å²) >= 11 is 0. The fraction of sp³-hybridized carbons (Fsp3) is 0.190. The smallest absolute Gasteiger partial charge is 0.342 e. The van der Waals surface area contributed by atoms with Crippen LogP contribution < -0.4 is 5.01 Å². The van der Waals surface area contributed by atoms with Crippen molar-refractivity contribution >= 4 is 17.9 Å². The number of nitrogens with one attached hydrogen (secondary N) is 1. The minimum Gasteiger partial charge on any atom is -0.477 e. The topological polar surface area (TPSA) is 116 Å². The van der Waals surface area contributed by atoms with E-state index in [0.29, 0.717) is 12.5 Å². The van der Waals surface area contributed by atoms with Crippen molar-refractivity contribution in [2.24, 2.45) is 4.99 Å². The van der Waals surface area contributed by atoms with E-state index in [-0.39, 0.29) is 10.2 Å². The average molecular weight is 432 g/mol. The molecule has 0 saturated heterocycles. The number of aromatic nitrogens is 5. The van der Waals surface area contributed by atoms with Crippen LogP contribution in [0.4, 0.5) is 5.69 Å². The number of carbonyl (C=O) groups is 1. The highest BCUT2D eigenvalue weighted by molar-refractivity contribution is 6.08. The van der Waals surface area contributed by atoms with Gasteiger partial charge in [0, 0.05) is 18.4 Å². The zero-order valence-electron chi connectivity index (χ0n) is 17.6. The fourth-order valence-corrected chi connectivity index (χ4v) is 4.03. The molecule has 1 atom stereocenters. The maximum atomic E-state index is 11.7. The number of aromatic amines is 1. The molecule has 32 heavy (non-hydrogen) atoms. The number of aliphatic imine (C=N–C) groups is 1. The average Bonchev–Trinajstić information content (AvgIpc) is 3.57. The number of hydrogen-bond acceptors (Lipinski definition) is 7. The molecule has 5 rings (SSSR count). The van der Waals surface area contributed by atoms with Crippen molar-refractivity contribution in [3.63, 3.8) is 0 Å². The van der Waals surface area contributed by atoms with Crippen molar-refractivity contribution in [3.8, 4) is 17.2 Å². The maximum Gasteiger partial charge on any atom is 0.342 e. The Kier molecular flexibility index (Phi) is 4.59. The van der Waals surface area contributed by atoms with Crippen LogP contribution in [0.25, 0.3) is 17.2 Å². The van der Waals surface area contributed by atoms with Crippen LogP contribution >= 0.6 is 0 Å². The van der Waals surface area contributed by atoms with E-state index in [1.165, 1.54) is 6.21 Å². The van der Waals surface area contributed by atoms with Gasteiger partial charge in [-0.2, -0.15) is 4.99 Å². The lowest BCUT2D eigenvalue weighted by Gasteiger charge is -2.40. The van der Waals surface area contributed by atoms with Crippen molar-refractivity contribution in [1.29, 1.82) is 0 Å². The largest absolute Gasteiger partial charge is 0.477 e. The Labute approximate surface area is 183 Å². The Morgan fingerprint density at radius 2 is 2.09 bits per heavy atom. The lowest BCUT2D eigenvalue weighted by atomic mass is 10.2. The van der Waals surface area contributed by atoms with Crippen LogP contribution in [-0.4, -0.2) is 72.2 Å². The Hall–Kier alpha value is -4.25. The molecule has 11 nitrogen and oxygen atoms in total. The second-order valence-electron chi connectivity index (χ2n) is 7.56. The molecular formula is C21H22N9O2+. The summed E-state index contributed by atoms with van der Waals surface area (Å²) in [5.41, 5.74) is 2.89. The number of carboxylic acids is 1. The molecule has 2 aromatic heterocycles. The summed E-state index contributed by atoms with van der Waals surface area (Å²) in [7, 11) is 1.94. The van der Waals surface area contributed by atoms with Crippen LogP contribution in [0.1, 0.15) is 6.92 Å². The molecule has 2 aliphatic heterocycles. The van der Waals surface area contributed by atoms with Crippen LogP contribution in [0.5, 0.6) is 0 Å². The molecule has 0 spiro atoms. The highest BCUT2D eigenvalue weighted by Gasteiger charge is 2.46. The number of quaternary nitrogens is 1. The van der Waals surface area contributed by atoms with Gasteiger partial charge in [-0.15, -0.1) is 9.69 Å². The number of tetrazole rings is 1. The third-order valence-corrected chi connectivity index (χ3v) is 5.81. The number of rotatable bonds is 6. The summed E-state index contributed by atoms with van der Waals surface area (Å²) in [4.78, 5) is 18.2.